The number of nitrogens with zero attached hydrogens (tertiary/aromatic N) is 3. The molecule has 0 aromatic carbocycles. The van der Waals surface area contributed by atoms with Gasteiger partial charge in [-0.15, -0.1) is 0 Å². The first-order valence-corrected chi connectivity index (χ1v) is 7.57. The van der Waals surface area contributed by atoms with Crippen LogP contribution >= 0.6 is 0 Å². The van der Waals surface area contributed by atoms with E-state index in [-0.39, 0.29) is 0 Å². The van der Waals surface area contributed by atoms with Gasteiger partial charge in [0.1, 0.15) is 5.82 Å². The summed E-state index contributed by atoms with van der Waals surface area (Å²) in [6.07, 6.45) is 1.93. The molecule has 0 radical (unpaired) electrons. The fraction of sp³-hybridized carbons (Fsp3) is 0.688. The Kier molecular flexibility index (Phi) is 5.00. The molecule has 1 saturated heterocycles. The average Bonchev–Trinajstić information content (AvgIpc) is 2.79. The number of likely N-dealkylation sites (N-methyl/N-ethyl adjacent to an activating group) is 1. The number of hydrogen-bond acceptors (Lipinski definition) is 4. The standard InChI is InChI=1S/C16H28N4/c1-12(2)18-9-14-6-7-17-16(8-14)20-10-13(3)15(11-20)19(4)5/h6-8,12-13,15,18H,9-11H2,1-5H3. The van der Waals surface area contributed by atoms with E-state index in [9.17, 15) is 0 Å². The Labute approximate surface area is 123 Å². The molecule has 1 aromatic heterocycles. The van der Waals surface area contributed by atoms with Crippen molar-refractivity contribution in [2.45, 2.75) is 39.4 Å². The van der Waals surface area contributed by atoms with Crippen molar-refractivity contribution in [3.63, 3.8) is 0 Å². The first kappa shape index (κ1) is 15.3. The zero-order valence-corrected chi connectivity index (χ0v) is 13.4. The van der Waals surface area contributed by atoms with Gasteiger partial charge < -0.3 is 15.1 Å². The Morgan fingerprint density at radius 3 is 2.75 bits per heavy atom. The summed E-state index contributed by atoms with van der Waals surface area (Å²) in [5, 5.41) is 3.46. The van der Waals surface area contributed by atoms with Crippen molar-refractivity contribution >= 4 is 5.82 Å². The average molecular weight is 276 g/mol. The fourth-order valence-corrected chi connectivity index (χ4v) is 2.87. The van der Waals surface area contributed by atoms with Crippen molar-refractivity contribution in [3.8, 4) is 0 Å². The number of aromatic nitrogens is 1. The molecule has 2 atom stereocenters. The molecule has 0 spiro atoms. The molecule has 1 N–H and O–H groups in total. The molecule has 1 aliphatic heterocycles. The van der Waals surface area contributed by atoms with Crippen LogP contribution < -0.4 is 10.2 Å². The van der Waals surface area contributed by atoms with Gasteiger partial charge in [0.05, 0.1) is 0 Å². The lowest BCUT2D eigenvalue weighted by molar-refractivity contribution is 0.266. The summed E-state index contributed by atoms with van der Waals surface area (Å²) < 4.78 is 0. The third-order valence-electron chi connectivity index (χ3n) is 4.08. The predicted octanol–water partition coefficient (Wildman–Crippen LogP) is 1.97. The van der Waals surface area contributed by atoms with Crippen molar-refractivity contribution in [2.75, 3.05) is 32.1 Å². The van der Waals surface area contributed by atoms with E-state index in [4.69, 9.17) is 0 Å². The summed E-state index contributed by atoms with van der Waals surface area (Å²) in [7, 11) is 4.34. The maximum absolute atomic E-state index is 4.56. The van der Waals surface area contributed by atoms with E-state index >= 15 is 0 Å². The summed E-state index contributed by atoms with van der Waals surface area (Å²) in [4.78, 5) is 9.30. The van der Waals surface area contributed by atoms with Crippen LogP contribution in [0.2, 0.25) is 0 Å². The van der Waals surface area contributed by atoms with Crippen molar-refractivity contribution in [1.29, 1.82) is 0 Å². The zero-order valence-electron chi connectivity index (χ0n) is 13.4. The Balaban J connectivity index is 2.04. The highest BCUT2D eigenvalue weighted by molar-refractivity contribution is 5.43. The highest BCUT2D eigenvalue weighted by Crippen LogP contribution is 2.25. The quantitative estimate of drug-likeness (QED) is 0.891. The third kappa shape index (κ3) is 3.70. The molecule has 4 nitrogen and oxygen atoms in total. The maximum Gasteiger partial charge on any atom is 0.128 e. The predicted molar refractivity (Wildman–Crippen MR) is 85.1 cm³/mol. The van der Waals surface area contributed by atoms with E-state index in [2.05, 4.69) is 67.1 Å². The molecule has 0 bridgehead atoms. The van der Waals surface area contributed by atoms with Gasteiger partial charge in [-0.1, -0.05) is 20.8 Å². The van der Waals surface area contributed by atoms with Gasteiger partial charge in [0.2, 0.25) is 0 Å². The van der Waals surface area contributed by atoms with E-state index in [0.29, 0.717) is 18.0 Å². The Hall–Kier alpha value is -1.13. The van der Waals surface area contributed by atoms with Crippen LogP contribution in [0.15, 0.2) is 18.3 Å². The highest BCUT2D eigenvalue weighted by atomic mass is 15.3. The first-order chi connectivity index (χ1) is 9.47. The second kappa shape index (κ2) is 6.55. The molecule has 2 rings (SSSR count). The van der Waals surface area contributed by atoms with Gasteiger partial charge in [0.15, 0.2) is 0 Å². The zero-order chi connectivity index (χ0) is 14.7. The van der Waals surface area contributed by atoms with E-state index in [1.54, 1.807) is 0 Å². The van der Waals surface area contributed by atoms with Gasteiger partial charge >= 0.3 is 0 Å². The van der Waals surface area contributed by atoms with E-state index in [1.165, 1.54) is 5.56 Å². The SMILES string of the molecule is CC(C)NCc1ccnc(N2CC(C)C(N(C)C)C2)c1. The Morgan fingerprint density at radius 1 is 1.40 bits per heavy atom. The summed E-state index contributed by atoms with van der Waals surface area (Å²) in [5.74, 6) is 1.80. The number of nitrogens with one attached hydrogen (secondary N) is 1. The van der Waals surface area contributed by atoms with Crippen molar-refractivity contribution in [1.82, 2.24) is 15.2 Å². The third-order valence-corrected chi connectivity index (χ3v) is 4.08. The van der Waals surface area contributed by atoms with Crippen molar-refractivity contribution in [2.24, 2.45) is 5.92 Å². The molecular weight excluding hydrogens is 248 g/mol. The van der Waals surface area contributed by atoms with Crippen molar-refractivity contribution in [3.05, 3.63) is 23.9 Å². The van der Waals surface area contributed by atoms with Crippen LogP contribution in [0.4, 0.5) is 5.82 Å². The van der Waals surface area contributed by atoms with Gasteiger partial charge in [-0.2, -0.15) is 0 Å². The Morgan fingerprint density at radius 2 is 2.15 bits per heavy atom. The molecule has 4 heteroatoms. The van der Waals surface area contributed by atoms with Gasteiger partial charge in [0, 0.05) is 37.9 Å². The fourth-order valence-electron chi connectivity index (χ4n) is 2.87. The van der Waals surface area contributed by atoms with Crippen molar-refractivity contribution < 1.29 is 0 Å². The molecule has 20 heavy (non-hydrogen) atoms. The molecule has 2 unspecified atom stereocenters. The van der Waals surface area contributed by atoms with Gasteiger partial charge in [-0.25, -0.2) is 4.98 Å². The van der Waals surface area contributed by atoms with E-state index < -0.39 is 0 Å². The molecule has 0 aliphatic carbocycles. The minimum absolute atomic E-state index is 0.511. The van der Waals surface area contributed by atoms with Crippen LogP contribution in [0.1, 0.15) is 26.3 Å². The molecule has 1 aliphatic rings. The van der Waals surface area contributed by atoms with Crippen LogP contribution in [0.5, 0.6) is 0 Å². The second-order valence-corrected chi connectivity index (χ2v) is 6.47. The minimum atomic E-state index is 0.511. The molecule has 112 valence electrons. The minimum Gasteiger partial charge on any atom is -0.355 e. The molecule has 2 heterocycles. The molecule has 1 fully saturated rings. The van der Waals surface area contributed by atoms with Crippen LogP contribution in [0, 0.1) is 5.92 Å². The van der Waals surface area contributed by atoms with Crippen LogP contribution in [0.3, 0.4) is 0 Å². The largest absolute Gasteiger partial charge is 0.355 e. The number of hydrogen-bond donors (Lipinski definition) is 1. The normalized spacial score (nSPS) is 23.1. The van der Waals surface area contributed by atoms with Gasteiger partial charge in [-0.3, -0.25) is 0 Å². The highest BCUT2D eigenvalue weighted by Gasteiger charge is 2.31. The van der Waals surface area contributed by atoms with Crippen LogP contribution in [-0.2, 0) is 6.54 Å². The Bertz CT molecular complexity index is 430. The number of anilines is 1. The summed E-state index contributed by atoms with van der Waals surface area (Å²) in [6.45, 7) is 9.75. The van der Waals surface area contributed by atoms with E-state index in [0.717, 1.165) is 25.5 Å². The van der Waals surface area contributed by atoms with Gasteiger partial charge in [0.25, 0.3) is 0 Å². The smallest absolute Gasteiger partial charge is 0.128 e. The summed E-state index contributed by atoms with van der Waals surface area (Å²) in [5.41, 5.74) is 1.31. The maximum atomic E-state index is 4.56. The summed E-state index contributed by atoms with van der Waals surface area (Å²) >= 11 is 0. The summed E-state index contributed by atoms with van der Waals surface area (Å²) in [6, 6.07) is 5.45. The molecule has 0 saturated carbocycles. The second-order valence-electron chi connectivity index (χ2n) is 6.47. The first-order valence-electron chi connectivity index (χ1n) is 7.57. The lowest BCUT2D eigenvalue weighted by Gasteiger charge is -2.22. The number of rotatable bonds is 5. The van der Waals surface area contributed by atoms with Gasteiger partial charge in [-0.05, 0) is 37.7 Å². The lowest BCUT2D eigenvalue weighted by Crippen LogP contribution is -2.34. The molecule has 0 amide bonds. The monoisotopic (exact) mass is 276 g/mol. The molecular formula is C16H28N4. The molecule has 1 aromatic rings. The van der Waals surface area contributed by atoms with Crippen LogP contribution in [0.25, 0.3) is 0 Å². The number of pyridine rings is 1. The van der Waals surface area contributed by atoms with Crippen LogP contribution in [-0.4, -0.2) is 49.2 Å². The van der Waals surface area contributed by atoms with E-state index in [1.807, 2.05) is 6.20 Å². The topological polar surface area (TPSA) is 31.4 Å². The lowest BCUT2D eigenvalue weighted by atomic mass is 10.1.